The van der Waals surface area contributed by atoms with Crippen molar-refractivity contribution in [2.45, 2.75) is 39.7 Å². The molecule has 0 spiro atoms. The number of aromatic nitrogens is 2. The van der Waals surface area contributed by atoms with E-state index in [1.54, 1.807) is 61.7 Å². The van der Waals surface area contributed by atoms with Gasteiger partial charge in [-0.05, 0) is 38.8 Å². The van der Waals surface area contributed by atoms with Crippen molar-refractivity contribution in [1.29, 1.82) is 0 Å². The van der Waals surface area contributed by atoms with Crippen LogP contribution in [0.3, 0.4) is 0 Å². The average molecular weight is 479 g/mol. The van der Waals surface area contributed by atoms with E-state index in [0.29, 0.717) is 34.8 Å². The van der Waals surface area contributed by atoms with Crippen LogP contribution in [0.2, 0.25) is 0 Å². The molecule has 0 radical (unpaired) electrons. The molecule has 2 aromatic heterocycles. The van der Waals surface area contributed by atoms with Crippen LogP contribution in [0.25, 0.3) is 5.82 Å². The van der Waals surface area contributed by atoms with Gasteiger partial charge in [0, 0.05) is 23.0 Å². The molecule has 1 aliphatic rings. The third kappa shape index (κ3) is 4.23. The number of nitrogens with one attached hydrogen (secondary N) is 1. The standard InChI is InChI=1S/C25H26N4O6/c1-5-25(18-9-7-6-8-10-18)23(32)28(24(33)26-25)13-22(31)34-14-20(30)19-11-15(2)29(17(19)4)21-12-16(3)35-27-21/h6-12H,5,13-14H2,1-4H3,(H,26,33). The molecule has 3 amide bonds. The Bertz CT molecular complexity index is 1310. The minimum Gasteiger partial charge on any atom is -0.456 e. The first-order valence-corrected chi connectivity index (χ1v) is 11.2. The van der Waals surface area contributed by atoms with Crippen molar-refractivity contribution in [3.8, 4) is 5.82 Å². The third-order valence-corrected chi connectivity index (χ3v) is 6.20. The summed E-state index contributed by atoms with van der Waals surface area (Å²) in [6.07, 6.45) is 0.312. The number of rotatable bonds is 8. The van der Waals surface area contributed by atoms with Gasteiger partial charge in [-0.1, -0.05) is 42.4 Å². The molecular formula is C25H26N4O6. The second-order valence-electron chi connectivity index (χ2n) is 8.45. The van der Waals surface area contributed by atoms with E-state index in [4.69, 9.17) is 9.26 Å². The lowest BCUT2D eigenvalue weighted by molar-refractivity contribution is -0.147. The van der Waals surface area contributed by atoms with Crippen LogP contribution in [0.5, 0.6) is 0 Å². The summed E-state index contributed by atoms with van der Waals surface area (Å²) >= 11 is 0. The summed E-state index contributed by atoms with van der Waals surface area (Å²) in [6.45, 7) is 6.01. The number of hydrogen-bond acceptors (Lipinski definition) is 7. The van der Waals surface area contributed by atoms with Crippen LogP contribution in [-0.2, 0) is 19.9 Å². The topological polar surface area (TPSA) is 124 Å². The fourth-order valence-corrected chi connectivity index (χ4v) is 4.39. The Morgan fingerprint density at radius 2 is 1.83 bits per heavy atom. The third-order valence-electron chi connectivity index (χ3n) is 6.20. The number of aryl methyl sites for hydroxylation is 2. The Morgan fingerprint density at radius 3 is 2.46 bits per heavy atom. The van der Waals surface area contributed by atoms with Gasteiger partial charge in [-0.15, -0.1) is 0 Å². The lowest BCUT2D eigenvalue weighted by Gasteiger charge is -2.25. The van der Waals surface area contributed by atoms with E-state index in [1.165, 1.54) is 0 Å². The Labute approximate surface area is 201 Å². The van der Waals surface area contributed by atoms with Gasteiger partial charge in [0.15, 0.2) is 12.4 Å². The first-order chi connectivity index (χ1) is 16.7. The summed E-state index contributed by atoms with van der Waals surface area (Å²) in [5.41, 5.74) is 1.15. The molecule has 1 aromatic carbocycles. The Balaban J connectivity index is 1.42. The van der Waals surface area contributed by atoms with Crippen LogP contribution in [0, 0.1) is 20.8 Å². The Hall–Kier alpha value is -4.21. The maximum atomic E-state index is 13.1. The summed E-state index contributed by atoms with van der Waals surface area (Å²) in [5.74, 6) is -0.630. The van der Waals surface area contributed by atoms with Gasteiger partial charge in [-0.3, -0.25) is 23.9 Å². The second kappa shape index (κ2) is 9.21. The molecule has 0 bridgehead atoms. The number of carbonyl (C=O) groups excluding carboxylic acids is 4. The van der Waals surface area contributed by atoms with Crippen molar-refractivity contribution in [2.24, 2.45) is 0 Å². The molecule has 1 aliphatic heterocycles. The predicted octanol–water partition coefficient (Wildman–Crippen LogP) is 2.97. The monoisotopic (exact) mass is 478 g/mol. The van der Waals surface area contributed by atoms with E-state index in [0.717, 1.165) is 10.6 Å². The molecule has 1 saturated heterocycles. The Kier molecular flexibility index (Phi) is 6.29. The van der Waals surface area contributed by atoms with Crippen LogP contribution < -0.4 is 5.32 Å². The maximum Gasteiger partial charge on any atom is 0.326 e. The first-order valence-electron chi connectivity index (χ1n) is 11.2. The van der Waals surface area contributed by atoms with Gasteiger partial charge in [0.25, 0.3) is 5.91 Å². The smallest absolute Gasteiger partial charge is 0.326 e. The molecule has 10 nitrogen and oxygen atoms in total. The summed E-state index contributed by atoms with van der Waals surface area (Å²) in [6, 6.07) is 11.6. The molecule has 35 heavy (non-hydrogen) atoms. The van der Waals surface area contributed by atoms with E-state index >= 15 is 0 Å². The highest BCUT2D eigenvalue weighted by atomic mass is 16.5. The molecule has 4 rings (SSSR count). The maximum absolute atomic E-state index is 13.1. The van der Waals surface area contributed by atoms with Crippen molar-refractivity contribution in [1.82, 2.24) is 19.9 Å². The van der Waals surface area contributed by atoms with Crippen LogP contribution in [0.4, 0.5) is 4.79 Å². The van der Waals surface area contributed by atoms with Gasteiger partial charge in [0.05, 0.1) is 0 Å². The largest absolute Gasteiger partial charge is 0.456 e. The number of benzene rings is 1. The number of ketones is 1. The summed E-state index contributed by atoms with van der Waals surface area (Å²) < 4.78 is 12.0. The predicted molar refractivity (Wildman–Crippen MR) is 124 cm³/mol. The van der Waals surface area contributed by atoms with E-state index in [2.05, 4.69) is 10.5 Å². The number of Topliss-reactive ketones (excluding diaryl/α,β-unsaturated/α-hetero) is 1. The van der Waals surface area contributed by atoms with Gasteiger partial charge in [-0.25, -0.2) is 4.79 Å². The molecule has 0 saturated carbocycles. The zero-order valence-electron chi connectivity index (χ0n) is 20.0. The van der Waals surface area contributed by atoms with Gasteiger partial charge in [0.1, 0.15) is 17.8 Å². The van der Waals surface area contributed by atoms with Crippen LogP contribution in [0.1, 0.15) is 46.4 Å². The van der Waals surface area contributed by atoms with Crippen LogP contribution >= 0.6 is 0 Å². The van der Waals surface area contributed by atoms with E-state index < -0.39 is 42.4 Å². The molecule has 3 aromatic rings. The molecule has 1 fully saturated rings. The molecule has 1 N–H and O–H groups in total. The highest BCUT2D eigenvalue weighted by Crippen LogP contribution is 2.32. The fraction of sp³-hybridized carbons (Fsp3) is 0.320. The second-order valence-corrected chi connectivity index (χ2v) is 8.45. The first kappa shape index (κ1) is 23.9. The molecule has 0 aliphatic carbocycles. The van der Waals surface area contributed by atoms with Gasteiger partial charge in [-0.2, -0.15) is 0 Å². The number of nitrogens with zero attached hydrogens (tertiary/aromatic N) is 3. The van der Waals surface area contributed by atoms with E-state index in [9.17, 15) is 19.2 Å². The van der Waals surface area contributed by atoms with Crippen molar-refractivity contribution in [3.63, 3.8) is 0 Å². The summed E-state index contributed by atoms with van der Waals surface area (Å²) in [5, 5.41) is 6.69. The SMILES string of the molecule is CCC1(c2ccccc2)NC(=O)N(CC(=O)OCC(=O)c2cc(C)n(-c3cc(C)on3)c2C)C1=O. The summed E-state index contributed by atoms with van der Waals surface area (Å²) in [4.78, 5) is 51.8. The highest BCUT2D eigenvalue weighted by Gasteiger charge is 2.51. The highest BCUT2D eigenvalue weighted by molar-refractivity contribution is 6.09. The molecule has 182 valence electrons. The zero-order valence-corrected chi connectivity index (χ0v) is 20.0. The molecule has 10 heteroatoms. The minimum atomic E-state index is -1.24. The van der Waals surface area contributed by atoms with Crippen LogP contribution in [0.15, 0.2) is 47.0 Å². The van der Waals surface area contributed by atoms with Gasteiger partial charge < -0.3 is 14.6 Å². The molecule has 1 unspecified atom stereocenters. The normalized spacial score (nSPS) is 17.5. The number of ether oxygens (including phenoxy) is 1. The van der Waals surface area contributed by atoms with Crippen molar-refractivity contribution < 1.29 is 28.4 Å². The van der Waals surface area contributed by atoms with Crippen molar-refractivity contribution in [2.75, 3.05) is 13.2 Å². The van der Waals surface area contributed by atoms with Crippen LogP contribution in [-0.4, -0.2) is 51.5 Å². The van der Waals surface area contributed by atoms with Crippen molar-refractivity contribution in [3.05, 3.63) is 70.7 Å². The Morgan fingerprint density at radius 1 is 1.11 bits per heavy atom. The zero-order chi connectivity index (χ0) is 25.3. The number of esters is 1. The van der Waals surface area contributed by atoms with Crippen molar-refractivity contribution >= 4 is 23.7 Å². The van der Waals surface area contributed by atoms with Gasteiger partial charge in [0.2, 0.25) is 5.78 Å². The number of imide groups is 1. The number of amides is 3. The number of carbonyl (C=O) groups is 4. The number of hydrogen-bond donors (Lipinski definition) is 1. The van der Waals surface area contributed by atoms with E-state index in [-0.39, 0.29) is 0 Å². The number of urea groups is 1. The lowest BCUT2D eigenvalue weighted by Crippen LogP contribution is -2.44. The van der Waals surface area contributed by atoms with Gasteiger partial charge >= 0.3 is 12.0 Å². The molecule has 1 atom stereocenters. The minimum absolute atomic E-state index is 0.312. The fourth-order valence-electron chi connectivity index (χ4n) is 4.39. The van der Waals surface area contributed by atoms with E-state index in [1.807, 2.05) is 13.0 Å². The quantitative estimate of drug-likeness (QED) is 0.300. The molecule has 3 heterocycles. The lowest BCUT2D eigenvalue weighted by atomic mass is 9.87. The summed E-state index contributed by atoms with van der Waals surface area (Å²) in [7, 11) is 0. The molecular weight excluding hydrogens is 452 g/mol. The average Bonchev–Trinajstić information content (AvgIpc) is 3.47.